The van der Waals surface area contributed by atoms with Crippen LogP contribution < -0.4 is 4.72 Å². The fourth-order valence-corrected chi connectivity index (χ4v) is 1.39. The molecule has 0 aliphatic carbocycles. The molecule has 0 heterocycles. The second-order valence-corrected chi connectivity index (χ2v) is 3.67. The van der Waals surface area contributed by atoms with Crippen molar-refractivity contribution in [2.45, 2.75) is 11.8 Å². The molecule has 1 rings (SSSR count). The maximum absolute atomic E-state index is 4.23. The van der Waals surface area contributed by atoms with E-state index in [4.69, 9.17) is 0 Å². The van der Waals surface area contributed by atoms with Crippen LogP contribution in [0.2, 0.25) is 0 Å². The van der Waals surface area contributed by atoms with E-state index in [1.54, 1.807) is 11.9 Å². The van der Waals surface area contributed by atoms with Gasteiger partial charge in [0.1, 0.15) is 0 Å². The van der Waals surface area contributed by atoms with Gasteiger partial charge in [-0.15, -0.1) is 12.6 Å². The molecular weight excluding hydrogens is 174 g/mol. The number of benzene rings is 1. The van der Waals surface area contributed by atoms with Crippen LogP contribution >= 0.6 is 24.6 Å². The molecule has 0 atom stereocenters. The van der Waals surface area contributed by atoms with E-state index in [1.807, 2.05) is 24.3 Å². The first kappa shape index (κ1) is 8.81. The average molecular weight is 185 g/mol. The Labute approximate surface area is 77.1 Å². The van der Waals surface area contributed by atoms with Crippen molar-refractivity contribution in [2.24, 2.45) is 0 Å². The minimum atomic E-state index is 0.992. The summed E-state index contributed by atoms with van der Waals surface area (Å²) < 4.78 is 3.20. The molecule has 0 bridgehead atoms. The van der Waals surface area contributed by atoms with Gasteiger partial charge in [0.25, 0.3) is 0 Å². The monoisotopic (exact) mass is 185 g/mol. The number of rotatable bonds is 3. The van der Waals surface area contributed by atoms with Crippen molar-refractivity contribution in [1.29, 1.82) is 0 Å². The van der Waals surface area contributed by atoms with Crippen LogP contribution in [-0.2, 0) is 0 Å². The second kappa shape index (κ2) is 4.57. The van der Waals surface area contributed by atoms with Gasteiger partial charge in [-0.1, -0.05) is 24.9 Å². The van der Waals surface area contributed by atoms with E-state index >= 15 is 0 Å². The van der Waals surface area contributed by atoms with Gasteiger partial charge in [-0.2, -0.15) is 0 Å². The quantitative estimate of drug-likeness (QED) is 0.554. The first-order valence-electron chi connectivity index (χ1n) is 3.49. The molecule has 1 aromatic carbocycles. The lowest BCUT2D eigenvalue weighted by Gasteiger charge is -2.02. The minimum Gasteiger partial charge on any atom is -0.330 e. The van der Waals surface area contributed by atoms with Crippen LogP contribution in [0.15, 0.2) is 29.2 Å². The lowest BCUT2D eigenvalue weighted by atomic mass is 10.3. The Morgan fingerprint density at radius 2 is 2.36 bits per heavy atom. The highest BCUT2D eigenvalue weighted by Gasteiger charge is 1.89. The predicted octanol–water partition coefficient (Wildman–Crippen LogP) is 3.06. The molecule has 3 heteroatoms. The van der Waals surface area contributed by atoms with Crippen LogP contribution in [0.5, 0.6) is 0 Å². The van der Waals surface area contributed by atoms with Gasteiger partial charge in [-0.25, -0.2) is 0 Å². The molecule has 0 saturated heterocycles. The molecule has 1 N–H and O–H groups in total. The summed E-state index contributed by atoms with van der Waals surface area (Å²) in [6.07, 6.45) is 0. The average Bonchev–Trinajstić information content (AvgIpc) is 2.01. The lowest BCUT2D eigenvalue weighted by Crippen LogP contribution is -1.85. The summed E-state index contributed by atoms with van der Waals surface area (Å²) in [5.41, 5.74) is 1.12. The fourth-order valence-electron chi connectivity index (χ4n) is 0.725. The normalized spacial score (nSPS) is 9.64. The first-order chi connectivity index (χ1) is 5.33. The number of thiol groups is 1. The Balaban J connectivity index is 2.56. The maximum atomic E-state index is 4.23. The smallest absolute Gasteiger partial charge is 0.0451 e. The van der Waals surface area contributed by atoms with E-state index in [0.29, 0.717) is 0 Å². The van der Waals surface area contributed by atoms with Crippen LogP contribution in [0.3, 0.4) is 0 Å². The Bertz CT molecular complexity index is 225. The van der Waals surface area contributed by atoms with Crippen molar-refractivity contribution in [1.82, 2.24) is 0 Å². The zero-order valence-corrected chi connectivity index (χ0v) is 8.08. The molecule has 0 spiro atoms. The zero-order valence-electron chi connectivity index (χ0n) is 6.37. The summed E-state index contributed by atoms with van der Waals surface area (Å²) in [7, 11) is 0. The SMILES string of the molecule is CCSNc1cccc(S)c1. The summed E-state index contributed by atoms with van der Waals surface area (Å²) >= 11 is 5.91. The standard InChI is InChI=1S/C8H11NS2/c1-2-11-9-7-4-3-5-8(10)6-7/h3-6,9-10H,2H2,1H3. The van der Waals surface area contributed by atoms with Crippen LogP contribution in [0.25, 0.3) is 0 Å². The van der Waals surface area contributed by atoms with E-state index in [1.165, 1.54) is 0 Å². The number of hydrogen-bond donors (Lipinski definition) is 2. The Hall–Kier alpha value is -0.280. The second-order valence-electron chi connectivity index (χ2n) is 2.09. The molecule has 0 radical (unpaired) electrons. The number of hydrogen-bond acceptors (Lipinski definition) is 3. The summed E-state index contributed by atoms with van der Waals surface area (Å²) in [5, 5.41) is 0. The third-order valence-corrected chi connectivity index (χ3v) is 2.13. The van der Waals surface area contributed by atoms with Crippen molar-refractivity contribution < 1.29 is 0 Å². The Morgan fingerprint density at radius 3 is 3.00 bits per heavy atom. The van der Waals surface area contributed by atoms with E-state index < -0.39 is 0 Å². The Kier molecular flexibility index (Phi) is 3.66. The van der Waals surface area contributed by atoms with Gasteiger partial charge in [-0.05, 0) is 18.2 Å². The summed E-state index contributed by atoms with van der Waals surface area (Å²) in [6, 6.07) is 7.99. The zero-order chi connectivity index (χ0) is 8.10. The maximum Gasteiger partial charge on any atom is 0.0451 e. The lowest BCUT2D eigenvalue weighted by molar-refractivity contribution is 1.47. The molecule has 0 amide bonds. The van der Waals surface area contributed by atoms with Crippen molar-refractivity contribution in [3.05, 3.63) is 24.3 Å². The molecule has 0 saturated carbocycles. The van der Waals surface area contributed by atoms with E-state index in [0.717, 1.165) is 16.3 Å². The van der Waals surface area contributed by atoms with E-state index in [2.05, 4.69) is 24.3 Å². The van der Waals surface area contributed by atoms with Crippen molar-refractivity contribution in [3.8, 4) is 0 Å². The van der Waals surface area contributed by atoms with Crippen LogP contribution in [-0.4, -0.2) is 5.75 Å². The molecule has 0 aliphatic heterocycles. The summed E-state index contributed by atoms with van der Waals surface area (Å²) in [6.45, 7) is 2.11. The molecule has 0 fully saturated rings. The van der Waals surface area contributed by atoms with Gasteiger partial charge < -0.3 is 4.72 Å². The van der Waals surface area contributed by atoms with Crippen molar-refractivity contribution in [2.75, 3.05) is 10.5 Å². The molecule has 0 unspecified atom stereocenters. The summed E-state index contributed by atoms with van der Waals surface area (Å²) in [4.78, 5) is 0.992. The highest BCUT2D eigenvalue weighted by molar-refractivity contribution is 8.00. The van der Waals surface area contributed by atoms with Crippen LogP contribution in [0.4, 0.5) is 5.69 Å². The molecule has 1 aromatic rings. The predicted molar refractivity (Wildman–Crippen MR) is 55.4 cm³/mol. The molecule has 11 heavy (non-hydrogen) atoms. The van der Waals surface area contributed by atoms with Gasteiger partial charge >= 0.3 is 0 Å². The summed E-state index contributed by atoms with van der Waals surface area (Å²) in [5.74, 6) is 1.07. The molecule has 0 aromatic heterocycles. The highest BCUT2D eigenvalue weighted by Crippen LogP contribution is 2.16. The van der Waals surface area contributed by atoms with Gasteiger partial charge in [0.15, 0.2) is 0 Å². The van der Waals surface area contributed by atoms with Crippen molar-refractivity contribution in [3.63, 3.8) is 0 Å². The number of anilines is 1. The van der Waals surface area contributed by atoms with Gasteiger partial charge in [0, 0.05) is 16.3 Å². The third kappa shape index (κ3) is 3.08. The number of nitrogens with one attached hydrogen (secondary N) is 1. The molecular formula is C8H11NS2. The van der Waals surface area contributed by atoms with E-state index in [-0.39, 0.29) is 0 Å². The minimum absolute atomic E-state index is 0.992. The van der Waals surface area contributed by atoms with Crippen LogP contribution in [0, 0.1) is 0 Å². The van der Waals surface area contributed by atoms with E-state index in [9.17, 15) is 0 Å². The van der Waals surface area contributed by atoms with Gasteiger partial charge in [-0.3, -0.25) is 0 Å². The molecule has 60 valence electrons. The first-order valence-corrected chi connectivity index (χ1v) is 4.93. The largest absolute Gasteiger partial charge is 0.330 e. The third-order valence-electron chi connectivity index (χ3n) is 1.18. The Morgan fingerprint density at radius 1 is 1.55 bits per heavy atom. The van der Waals surface area contributed by atoms with Crippen molar-refractivity contribution >= 4 is 30.3 Å². The van der Waals surface area contributed by atoms with Gasteiger partial charge in [0.05, 0.1) is 0 Å². The fraction of sp³-hybridized carbons (Fsp3) is 0.250. The highest BCUT2D eigenvalue weighted by atomic mass is 32.2. The topological polar surface area (TPSA) is 12.0 Å². The van der Waals surface area contributed by atoms with Gasteiger partial charge in [0.2, 0.25) is 0 Å². The molecule has 0 aliphatic rings. The van der Waals surface area contributed by atoms with Crippen LogP contribution in [0.1, 0.15) is 6.92 Å². The molecule has 1 nitrogen and oxygen atoms in total.